The van der Waals surface area contributed by atoms with Crippen LogP contribution in [0.15, 0.2) is 29.6 Å². The topological polar surface area (TPSA) is 36.9 Å². The molecule has 0 saturated carbocycles. The van der Waals surface area contributed by atoms with Gasteiger partial charge in [0, 0.05) is 17.9 Å². The predicted octanol–water partition coefficient (Wildman–Crippen LogP) is 2.96. The van der Waals surface area contributed by atoms with Crippen molar-refractivity contribution < 1.29 is 18.9 Å². The minimum atomic E-state index is 0.558. The highest BCUT2D eigenvalue weighted by Gasteiger charge is 2.03. The van der Waals surface area contributed by atoms with Crippen LogP contribution in [-0.4, -0.2) is 46.8 Å². The summed E-state index contributed by atoms with van der Waals surface area (Å²) in [5.41, 5.74) is 0. The van der Waals surface area contributed by atoms with Crippen molar-refractivity contribution in [1.82, 2.24) is 0 Å². The zero-order chi connectivity index (χ0) is 14.0. The molecule has 2 aromatic rings. The summed E-state index contributed by atoms with van der Waals surface area (Å²) < 4.78 is 21.3. The fourth-order valence-electron chi connectivity index (χ4n) is 1.74. The number of thiophene rings is 1. The molecule has 110 valence electrons. The molecule has 4 nitrogen and oxygen atoms in total. The molecule has 0 N–H and O–H groups in total. The van der Waals surface area contributed by atoms with Crippen molar-refractivity contribution in [1.29, 1.82) is 0 Å². The fourth-order valence-corrected chi connectivity index (χ4v) is 2.64. The molecule has 20 heavy (non-hydrogen) atoms. The molecule has 0 unspecified atom stereocenters. The summed E-state index contributed by atoms with van der Waals surface area (Å²) in [5, 5.41) is 5.45. The maximum absolute atomic E-state index is 5.74. The Labute approximate surface area is 123 Å². The second-order valence-corrected chi connectivity index (χ2v) is 5.02. The van der Waals surface area contributed by atoms with Gasteiger partial charge in [-0.15, -0.1) is 11.3 Å². The Bertz CT molecular complexity index is 497. The summed E-state index contributed by atoms with van der Waals surface area (Å²) >= 11 is 1.62. The SMILES string of the molecule is COCCOCCOCCOc1scc2ccccc12. The molecule has 0 bridgehead atoms. The van der Waals surface area contributed by atoms with Crippen LogP contribution in [0.5, 0.6) is 5.06 Å². The summed E-state index contributed by atoms with van der Waals surface area (Å²) in [6, 6.07) is 8.22. The van der Waals surface area contributed by atoms with E-state index in [2.05, 4.69) is 17.5 Å². The van der Waals surface area contributed by atoms with Gasteiger partial charge in [0.15, 0.2) is 5.06 Å². The smallest absolute Gasteiger partial charge is 0.181 e. The lowest BCUT2D eigenvalue weighted by Crippen LogP contribution is -2.12. The number of fused-ring (bicyclic) bond motifs is 1. The highest BCUT2D eigenvalue weighted by Crippen LogP contribution is 2.32. The minimum Gasteiger partial charge on any atom is -0.481 e. The van der Waals surface area contributed by atoms with Crippen LogP contribution in [-0.2, 0) is 14.2 Å². The average molecular weight is 296 g/mol. The van der Waals surface area contributed by atoms with E-state index < -0.39 is 0 Å². The number of methoxy groups -OCH3 is 1. The van der Waals surface area contributed by atoms with Crippen LogP contribution in [0.3, 0.4) is 0 Å². The summed E-state index contributed by atoms with van der Waals surface area (Å²) in [4.78, 5) is 0. The van der Waals surface area contributed by atoms with Gasteiger partial charge < -0.3 is 18.9 Å². The predicted molar refractivity (Wildman–Crippen MR) is 80.8 cm³/mol. The number of hydrogen-bond donors (Lipinski definition) is 0. The quantitative estimate of drug-likeness (QED) is 0.632. The van der Waals surface area contributed by atoms with Crippen LogP contribution < -0.4 is 4.74 Å². The Hall–Kier alpha value is -1.14. The monoisotopic (exact) mass is 296 g/mol. The Morgan fingerprint density at radius 1 is 0.900 bits per heavy atom. The molecule has 0 aliphatic rings. The molecule has 0 saturated heterocycles. The van der Waals surface area contributed by atoms with Crippen molar-refractivity contribution in [2.75, 3.05) is 46.8 Å². The van der Waals surface area contributed by atoms with Gasteiger partial charge in [-0.2, -0.15) is 0 Å². The highest BCUT2D eigenvalue weighted by atomic mass is 32.1. The van der Waals surface area contributed by atoms with E-state index in [0.29, 0.717) is 39.6 Å². The number of ether oxygens (including phenoxy) is 4. The number of benzene rings is 1. The van der Waals surface area contributed by atoms with E-state index in [-0.39, 0.29) is 0 Å². The second-order valence-electron chi connectivity index (χ2n) is 4.18. The minimum absolute atomic E-state index is 0.558. The molecule has 0 aliphatic heterocycles. The van der Waals surface area contributed by atoms with Gasteiger partial charge in [0.25, 0.3) is 0 Å². The molecule has 0 spiro atoms. The first-order chi connectivity index (χ1) is 9.92. The van der Waals surface area contributed by atoms with E-state index in [1.165, 1.54) is 10.8 Å². The van der Waals surface area contributed by atoms with Crippen molar-refractivity contribution >= 4 is 22.1 Å². The largest absolute Gasteiger partial charge is 0.481 e. The van der Waals surface area contributed by atoms with E-state index in [4.69, 9.17) is 18.9 Å². The molecule has 1 aromatic heterocycles. The first-order valence-electron chi connectivity index (χ1n) is 6.65. The summed E-state index contributed by atoms with van der Waals surface area (Å²) in [6.07, 6.45) is 0. The molecule has 1 aromatic carbocycles. The zero-order valence-electron chi connectivity index (χ0n) is 11.7. The maximum Gasteiger partial charge on any atom is 0.181 e. The van der Waals surface area contributed by atoms with Crippen LogP contribution >= 0.6 is 11.3 Å². The van der Waals surface area contributed by atoms with E-state index >= 15 is 0 Å². The molecule has 0 fully saturated rings. The van der Waals surface area contributed by atoms with Crippen LogP contribution in [0.1, 0.15) is 0 Å². The Balaban J connectivity index is 1.57. The fraction of sp³-hybridized carbons (Fsp3) is 0.467. The van der Waals surface area contributed by atoms with Gasteiger partial charge in [-0.1, -0.05) is 18.2 Å². The van der Waals surface area contributed by atoms with Gasteiger partial charge >= 0.3 is 0 Å². The second kappa shape index (κ2) is 8.92. The standard InChI is InChI=1S/C15H20O4S/c1-16-6-7-17-8-9-18-10-11-19-15-14-5-3-2-4-13(14)12-20-15/h2-5,12H,6-11H2,1H3. The van der Waals surface area contributed by atoms with Gasteiger partial charge in [0.2, 0.25) is 0 Å². The third-order valence-electron chi connectivity index (χ3n) is 2.74. The molecular formula is C15H20O4S. The maximum atomic E-state index is 5.74. The van der Waals surface area contributed by atoms with Crippen LogP contribution in [0.4, 0.5) is 0 Å². The highest BCUT2D eigenvalue weighted by molar-refractivity contribution is 7.13. The third kappa shape index (κ3) is 4.76. The van der Waals surface area contributed by atoms with Gasteiger partial charge in [-0.25, -0.2) is 0 Å². The zero-order valence-corrected chi connectivity index (χ0v) is 12.5. The molecule has 1 heterocycles. The molecule has 5 heteroatoms. The van der Waals surface area contributed by atoms with Crippen molar-refractivity contribution in [3.05, 3.63) is 29.6 Å². The van der Waals surface area contributed by atoms with Gasteiger partial charge in [-0.05, 0) is 11.5 Å². The summed E-state index contributed by atoms with van der Waals surface area (Å²) in [6.45, 7) is 3.53. The molecule has 0 radical (unpaired) electrons. The van der Waals surface area contributed by atoms with Crippen molar-refractivity contribution in [3.63, 3.8) is 0 Å². The van der Waals surface area contributed by atoms with Crippen molar-refractivity contribution in [2.24, 2.45) is 0 Å². The molecule has 2 rings (SSSR count). The average Bonchev–Trinajstić information content (AvgIpc) is 2.89. The van der Waals surface area contributed by atoms with E-state index in [1.807, 2.05) is 12.1 Å². The van der Waals surface area contributed by atoms with Crippen molar-refractivity contribution in [2.45, 2.75) is 0 Å². The Kier molecular flexibility index (Phi) is 6.80. The molecule has 0 aliphatic carbocycles. The summed E-state index contributed by atoms with van der Waals surface area (Å²) in [5.74, 6) is 0. The first-order valence-corrected chi connectivity index (χ1v) is 7.53. The van der Waals surface area contributed by atoms with Gasteiger partial charge in [0.05, 0.1) is 33.0 Å². The summed E-state index contributed by atoms with van der Waals surface area (Å²) in [7, 11) is 1.66. The van der Waals surface area contributed by atoms with Gasteiger partial charge in [-0.3, -0.25) is 0 Å². The molecular weight excluding hydrogens is 276 g/mol. The van der Waals surface area contributed by atoms with Crippen LogP contribution in [0, 0.1) is 0 Å². The van der Waals surface area contributed by atoms with Crippen molar-refractivity contribution in [3.8, 4) is 5.06 Å². The van der Waals surface area contributed by atoms with Gasteiger partial charge in [0.1, 0.15) is 6.61 Å². The van der Waals surface area contributed by atoms with E-state index in [9.17, 15) is 0 Å². The Morgan fingerprint density at radius 3 is 2.40 bits per heavy atom. The first kappa shape index (κ1) is 15.3. The normalized spacial score (nSPS) is 11.1. The van der Waals surface area contributed by atoms with Crippen LogP contribution in [0.25, 0.3) is 10.8 Å². The van der Waals surface area contributed by atoms with E-state index in [0.717, 1.165) is 5.06 Å². The lowest BCUT2D eigenvalue weighted by molar-refractivity contribution is 0.0183. The number of rotatable bonds is 10. The lowest BCUT2D eigenvalue weighted by atomic mass is 10.2. The number of hydrogen-bond acceptors (Lipinski definition) is 5. The molecule has 0 amide bonds. The molecule has 0 atom stereocenters. The van der Waals surface area contributed by atoms with E-state index in [1.54, 1.807) is 18.4 Å². The Morgan fingerprint density at radius 2 is 1.60 bits per heavy atom. The lowest BCUT2D eigenvalue weighted by Gasteiger charge is -2.06. The van der Waals surface area contributed by atoms with Crippen LogP contribution in [0.2, 0.25) is 0 Å². The third-order valence-corrected chi connectivity index (χ3v) is 3.66.